The summed E-state index contributed by atoms with van der Waals surface area (Å²) in [6.07, 6.45) is 0. The number of para-hydroxylation sites is 1. The molecule has 0 radical (unpaired) electrons. The summed E-state index contributed by atoms with van der Waals surface area (Å²) in [7, 11) is 0. The zero-order chi connectivity index (χ0) is 16.7. The molecule has 0 spiro atoms. The first-order valence-corrected chi connectivity index (χ1v) is 8.74. The van der Waals surface area contributed by atoms with E-state index in [9.17, 15) is 0 Å². The number of hydrogen-bond donors (Lipinski definition) is 1. The lowest BCUT2D eigenvalue weighted by Crippen LogP contribution is -2.50. The highest BCUT2D eigenvalue weighted by Gasteiger charge is 2.21. The van der Waals surface area contributed by atoms with Crippen molar-refractivity contribution in [1.82, 2.24) is 9.80 Å². The molecule has 2 rings (SSSR count). The van der Waals surface area contributed by atoms with Gasteiger partial charge in [0.05, 0.1) is 6.54 Å². The van der Waals surface area contributed by atoms with Crippen LogP contribution in [0.3, 0.4) is 0 Å². The highest BCUT2D eigenvalue weighted by atomic mass is 15.3. The van der Waals surface area contributed by atoms with Gasteiger partial charge in [-0.05, 0) is 32.9 Å². The lowest BCUT2D eigenvalue weighted by atomic mass is 10.2. The summed E-state index contributed by atoms with van der Waals surface area (Å²) in [6.45, 7) is 13.4. The molecule has 23 heavy (non-hydrogen) atoms. The van der Waals surface area contributed by atoms with Gasteiger partial charge < -0.3 is 15.5 Å². The van der Waals surface area contributed by atoms with Crippen LogP contribution in [-0.4, -0.2) is 67.6 Å². The third kappa shape index (κ3) is 4.86. The van der Waals surface area contributed by atoms with E-state index in [1.165, 1.54) is 5.69 Å². The Labute approximate surface area is 140 Å². The van der Waals surface area contributed by atoms with E-state index in [2.05, 4.69) is 70.8 Å². The SMILES string of the molecule is CCN(CC)C(N)=NCC(C)N1CCN(c2ccccc2)CC1. The average Bonchev–Trinajstić information content (AvgIpc) is 2.61. The van der Waals surface area contributed by atoms with Gasteiger partial charge in [0.25, 0.3) is 0 Å². The second kappa shape index (κ2) is 8.77. The summed E-state index contributed by atoms with van der Waals surface area (Å²) in [5.74, 6) is 0.671. The number of rotatable bonds is 6. The molecule has 1 heterocycles. The Morgan fingerprint density at radius 3 is 2.30 bits per heavy atom. The van der Waals surface area contributed by atoms with E-state index in [1.807, 2.05) is 0 Å². The van der Waals surface area contributed by atoms with Crippen LogP contribution >= 0.6 is 0 Å². The zero-order valence-electron chi connectivity index (χ0n) is 14.8. The van der Waals surface area contributed by atoms with Crippen molar-refractivity contribution >= 4 is 11.6 Å². The molecule has 0 bridgehead atoms. The Morgan fingerprint density at radius 1 is 1.13 bits per heavy atom. The Hall–Kier alpha value is -1.75. The summed E-state index contributed by atoms with van der Waals surface area (Å²) >= 11 is 0. The van der Waals surface area contributed by atoms with Crippen LogP contribution in [0, 0.1) is 0 Å². The Balaban J connectivity index is 1.82. The first kappa shape index (κ1) is 17.6. The second-order valence-corrected chi connectivity index (χ2v) is 6.08. The van der Waals surface area contributed by atoms with Crippen molar-refractivity contribution in [1.29, 1.82) is 0 Å². The minimum atomic E-state index is 0.432. The average molecular weight is 317 g/mol. The minimum Gasteiger partial charge on any atom is -0.370 e. The molecule has 5 heteroatoms. The lowest BCUT2D eigenvalue weighted by molar-refractivity contribution is 0.201. The fraction of sp³-hybridized carbons (Fsp3) is 0.611. The van der Waals surface area contributed by atoms with Gasteiger partial charge in [-0.15, -0.1) is 0 Å². The highest BCUT2D eigenvalue weighted by Crippen LogP contribution is 2.16. The van der Waals surface area contributed by atoms with Crippen molar-refractivity contribution < 1.29 is 0 Å². The Morgan fingerprint density at radius 2 is 1.74 bits per heavy atom. The standard InChI is InChI=1S/C18H31N5/c1-4-21(5-2)18(19)20-15-16(3)22-11-13-23(14-12-22)17-9-7-6-8-10-17/h6-10,16H,4-5,11-15H2,1-3H3,(H2,19,20). The minimum absolute atomic E-state index is 0.432. The number of piperazine rings is 1. The van der Waals surface area contributed by atoms with Crippen LogP contribution in [0.5, 0.6) is 0 Å². The van der Waals surface area contributed by atoms with E-state index >= 15 is 0 Å². The molecule has 0 aliphatic carbocycles. The predicted molar refractivity (Wildman–Crippen MR) is 99.1 cm³/mol. The molecule has 1 saturated heterocycles. The summed E-state index contributed by atoms with van der Waals surface area (Å²) in [4.78, 5) is 11.6. The van der Waals surface area contributed by atoms with Crippen molar-refractivity contribution in [3.63, 3.8) is 0 Å². The van der Waals surface area contributed by atoms with Crippen LogP contribution < -0.4 is 10.6 Å². The van der Waals surface area contributed by atoms with E-state index in [1.54, 1.807) is 0 Å². The van der Waals surface area contributed by atoms with Crippen molar-refractivity contribution in [2.75, 3.05) is 50.7 Å². The van der Waals surface area contributed by atoms with E-state index in [0.29, 0.717) is 12.0 Å². The predicted octanol–water partition coefficient (Wildman–Crippen LogP) is 1.85. The van der Waals surface area contributed by atoms with E-state index in [4.69, 9.17) is 5.73 Å². The second-order valence-electron chi connectivity index (χ2n) is 6.08. The van der Waals surface area contributed by atoms with E-state index < -0.39 is 0 Å². The highest BCUT2D eigenvalue weighted by molar-refractivity contribution is 5.78. The molecule has 5 nitrogen and oxygen atoms in total. The normalized spacial score (nSPS) is 18.0. The van der Waals surface area contributed by atoms with E-state index in [0.717, 1.165) is 45.8 Å². The molecule has 0 saturated carbocycles. The largest absolute Gasteiger partial charge is 0.370 e. The molecule has 2 N–H and O–H groups in total. The van der Waals surface area contributed by atoms with Crippen LogP contribution in [0.2, 0.25) is 0 Å². The number of hydrogen-bond acceptors (Lipinski definition) is 3. The maximum Gasteiger partial charge on any atom is 0.191 e. The fourth-order valence-electron chi connectivity index (χ4n) is 3.05. The molecule has 1 fully saturated rings. The van der Waals surface area contributed by atoms with Crippen LogP contribution in [0.25, 0.3) is 0 Å². The summed E-state index contributed by atoms with van der Waals surface area (Å²) in [5.41, 5.74) is 7.39. The van der Waals surface area contributed by atoms with Gasteiger partial charge in [-0.25, -0.2) is 0 Å². The topological polar surface area (TPSA) is 48.1 Å². The smallest absolute Gasteiger partial charge is 0.191 e. The number of nitrogens with zero attached hydrogens (tertiary/aromatic N) is 4. The van der Waals surface area contributed by atoms with Crippen molar-refractivity contribution in [2.45, 2.75) is 26.8 Å². The fourth-order valence-corrected chi connectivity index (χ4v) is 3.05. The maximum absolute atomic E-state index is 6.06. The van der Waals surface area contributed by atoms with Crippen molar-refractivity contribution in [3.05, 3.63) is 30.3 Å². The van der Waals surface area contributed by atoms with E-state index in [-0.39, 0.29) is 0 Å². The van der Waals surface area contributed by atoms with Crippen molar-refractivity contribution in [3.8, 4) is 0 Å². The van der Waals surface area contributed by atoms with Crippen LogP contribution in [-0.2, 0) is 0 Å². The Kier molecular flexibility index (Phi) is 6.71. The maximum atomic E-state index is 6.06. The molecule has 1 aromatic carbocycles. The molecular formula is C18H31N5. The molecule has 128 valence electrons. The number of nitrogens with two attached hydrogens (primary N) is 1. The molecule has 1 unspecified atom stereocenters. The summed E-state index contributed by atoms with van der Waals surface area (Å²) in [6, 6.07) is 11.1. The zero-order valence-corrected chi connectivity index (χ0v) is 14.8. The van der Waals surface area contributed by atoms with Crippen LogP contribution in [0.4, 0.5) is 5.69 Å². The number of benzene rings is 1. The van der Waals surface area contributed by atoms with Crippen LogP contribution in [0.15, 0.2) is 35.3 Å². The molecule has 0 amide bonds. The van der Waals surface area contributed by atoms with Gasteiger partial charge in [-0.1, -0.05) is 18.2 Å². The first-order valence-electron chi connectivity index (χ1n) is 8.74. The molecule has 1 aromatic rings. The van der Waals surface area contributed by atoms with Crippen LogP contribution in [0.1, 0.15) is 20.8 Å². The van der Waals surface area contributed by atoms with Gasteiger partial charge in [0.1, 0.15) is 0 Å². The number of aliphatic imine (C=N–C) groups is 1. The van der Waals surface area contributed by atoms with Crippen molar-refractivity contribution in [2.24, 2.45) is 10.7 Å². The molecule has 1 aliphatic heterocycles. The van der Waals surface area contributed by atoms with Gasteiger partial charge in [-0.3, -0.25) is 9.89 Å². The third-order valence-corrected chi connectivity index (χ3v) is 4.66. The number of guanidine groups is 1. The van der Waals surface area contributed by atoms with Gasteiger partial charge >= 0.3 is 0 Å². The van der Waals surface area contributed by atoms with Gasteiger partial charge in [0.15, 0.2) is 5.96 Å². The van der Waals surface area contributed by atoms with Gasteiger partial charge in [-0.2, -0.15) is 0 Å². The monoisotopic (exact) mass is 317 g/mol. The summed E-state index contributed by atoms with van der Waals surface area (Å²) in [5, 5.41) is 0. The molecule has 0 aromatic heterocycles. The molecular weight excluding hydrogens is 286 g/mol. The quantitative estimate of drug-likeness (QED) is 0.643. The summed E-state index contributed by atoms with van der Waals surface area (Å²) < 4.78 is 0. The molecule has 1 atom stereocenters. The number of anilines is 1. The third-order valence-electron chi connectivity index (χ3n) is 4.66. The first-order chi connectivity index (χ1) is 11.2. The van der Waals surface area contributed by atoms with Gasteiger partial charge in [0.2, 0.25) is 0 Å². The van der Waals surface area contributed by atoms with Gasteiger partial charge in [0, 0.05) is 51.0 Å². The Bertz CT molecular complexity index is 475. The lowest BCUT2D eigenvalue weighted by Gasteiger charge is -2.38. The molecule has 1 aliphatic rings.